The molecule has 18 heavy (non-hydrogen) atoms. The fraction of sp³-hybridized carbons (Fsp3) is 0.538. The topological polar surface area (TPSA) is 43.7 Å². The fourth-order valence-electron chi connectivity index (χ4n) is 1.82. The normalized spacial score (nSPS) is 17.6. The van der Waals surface area contributed by atoms with Gasteiger partial charge in [-0.15, -0.1) is 0 Å². The molecule has 4 nitrogen and oxygen atoms in total. The van der Waals surface area contributed by atoms with Gasteiger partial charge >= 0.3 is 117 Å². The third kappa shape index (κ3) is 2.88. The zero-order valence-corrected chi connectivity index (χ0v) is 11.7. The molecule has 92 valence electrons. The molecule has 0 unspecified atom stereocenters. The molecule has 0 fully saturated rings. The Kier molecular flexibility index (Phi) is 3.70. The van der Waals surface area contributed by atoms with Crippen molar-refractivity contribution in [1.29, 1.82) is 0 Å². The van der Waals surface area contributed by atoms with E-state index in [2.05, 4.69) is 23.8 Å². The third-order valence-corrected chi connectivity index (χ3v) is 2.65. The second kappa shape index (κ2) is 4.95. The van der Waals surface area contributed by atoms with E-state index in [0.717, 1.165) is 9.80 Å². The number of rotatable bonds is 3. The first kappa shape index (κ1) is 13.4. The van der Waals surface area contributed by atoms with E-state index in [1.54, 1.807) is 6.20 Å². The third-order valence-electron chi connectivity index (χ3n) is 2.65. The van der Waals surface area contributed by atoms with Crippen molar-refractivity contribution in [3.05, 3.63) is 17.8 Å². The molecule has 1 aromatic heterocycles. The molecule has 0 aromatic carbocycles. The van der Waals surface area contributed by atoms with Crippen LogP contribution < -0.4 is 8.97 Å². The molecule has 0 saturated carbocycles. The van der Waals surface area contributed by atoms with Crippen LogP contribution >= 0.6 is 0 Å². The van der Waals surface area contributed by atoms with Crippen molar-refractivity contribution in [1.82, 2.24) is 4.98 Å². The monoisotopic (exact) mass is 240 g/mol. The van der Waals surface area contributed by atoms with Crippen molar-refractivity contribution < 1.29 is 9.47 Å². The van der Waals surface area contributed by atoms with E-state index in [-0.39, 0.29) is 11.6 Å². The van der Waals surface area contributed by atoms with E-state index in [0.29, 0.717) is 18.4 Å². The standard InChI is InChI=1S/C13H17N2O2.Li/c1-9(2)17-11-10(6-5-7-14-11)12-15-13(3,4)8-16-12;/h5,7,9H,8H2,1-4H3;. The Morgan fingerprint density at radius 2 is 2.17 bits per heavy atom. The molecule has 0 aliphatic carbocycles. The zero-order valence-electron chi connectivity index (χ0n) is 11.7. The Hall–Kier alpha value is -0.983. The summed E-state index contributed by atoms with van der Waals surface area (Å²) in [6.07, 6.45) is 1.82. The molecular formula is C13H17LiN2O2. The van der Waals surface area contributed by atoms with Gasteiger partial charge < -0.3 is 0 Å². The van der Waals surface area contributed by atoms with E-state index >= 15 is 0 Å². The molecule has 0 atom stereocenters. The van der Waals surface area contributed by atoms with Gasteiger partial charge in [0.2, 0.25) is 0 Å². The molecule has 1 aromatic rings. The van der Waals surface area contributed by atoms with Crippen molar-refractivity contribution in [3.63, 3.8) is 0 Å². The quantitative estimate of drug-likeness (QED) is 0.746. The number of ether oxygens (including phenoxy) is 2. The minimum atomic E-state index is -0.174. The van der Waals surface area contributed by atoms with Gasteiger partial charge in [-0.1, -0.05) is 0 Å². The van der Waals surface area contributed by atoms with Crippen molar-refractivity contribution in [2.45, 2.75) is 39.3 Å². The number of hydrogen-bond donors (Lipinski definition) is 0. The molecule has 0 amide bonds. The van der Waals surface area contributed by atoms with Crippen molar-refractivity contribution in [3.8, 4) is 5.88 Å². The van der Waals surface area contributed by atoms with Gasteiger partial charge in [-0.25, -0.2) is 0 Å². The number of hydrogen-bond acceptors (Lipinski definition) is 4. The average molecular weight is 240 g/mol. The first-order valence-corrected chi connectivity index (χ1v) is 6.24. The van der Waals surface area contributed by atoms with Gasteiger partial charge in [0.25, 0.3) is 0 Å². The van der Waals surface area contributed by atoms with Crippen LogP contribution in [0, 0.1) is 0 Å². The van der Waals surface area contributed by atoms with Crippen LogP contribution in [0.3, 0.4) is 0 Å². The van der Waals surface area contributed by atoms with Crippen molar-refractivity contribution in [2.24, 2.45) is 4.99 Å². The Bertz CT molecular complexity index is 484. The van der Waals surface area contributed by atoms with Crippen LogP contribution in [-0.4, -0.2) is 46.8 Å². The molecule has 0 spiro atoms. The summed E-state index contributed by atoms with van der Waals surface area (Å²) in [4.78, 5) is 8.88. The molecule has 1 aliphatic heterocycles. The summed E-state index contributed by atoms with van der Waals surface area (Å²) in [6, 6.07) is 1.94. The van der Waals surface area contributed by atoms with Gasteiger partial charge in [0.1, 0.15) is 0 Å². The molecule has 0 radical (unpaired) electrons. The van der Waals surface area contributed by atoms with E-state index in [9.17, 15) is 0 Å². The maximum atomic E-state index is 5.73. The number of aromatic nitrogens is 1. The van der Waals surface area contributed by atoms with Crippen LogP contribution in [0.15, 0.2) is 17.3 Å². The summed E-state index contributed by atoms with van der Waals surface area (Å²) in [6.45, 7) is 8.66. The molecule has 1 aliphatic rings. The van der Waals surface area contributed by atoms with E-state index < -0.39 is 0 Å². The molecular weight excluding hydrogens is 223 g/mol. The minimum absolute atomic E-state index is 0.0769. The molecule has 0 N–H and O–H groups in total. The van der Waals surface area contributed by atoms with Crippen LogP contribution in [0.2, 0.25) is 0 Å². The number of nitrogens with zero attached hydrogens (tertiary/aromatic N) is 2. The molecule has 0 saturated heterocycles. The zero-order chi connectivity index (χ0) is 13.3. The Labute approximate surface area is 117 Å². The van der Waals surface area contributed by atoms with E-state index in [1.807, 2.05) is 37.6 Å². The SMILES string of the molecule is [Li][c]1ccnc(OC(C)C)c1C1=NC(C)(C)CO1. The molecule has 2 rings (SSSR count). The predicted molar refractivity (Wildman–Crippen MR) is 72.0 cm³/mol. The van der Waals surface area contributed by atoms with E-state index in [1.165, 1.54) is 0 Å². The van der Waals surface area contributed by atoms with Gasteiger partial charge in [-0.2, -0.15) is 0 Å². The summed E-state index contributed by atoms with van der Waals surface area (Å²) in [5, 5.41) is 0. The number of aliphatic imine (C=N–C) groups is 1. The van der Waals surface area contributed by atoms with Crippen LogP contribution in [0.5, 0.6) is 5.88 Å². The summed E-state index contributed by atoms with van der Waals surface area (Å²) in [7, 11) is 0. The molecule has 5 heteroatoms. The van der Waals surface area contributed by atoms with Crippen molar-refractivity contribution in [2.75, 3.05) is 6.61 Å². The predicted octanol–water partition coefficient (Wildman–Crippen LogP) is 1.22. The molecule has 0 bridgehead atoms. The van der Waals surface area contributed by atoms with E-state index in [4.69, 9.17) is 9.47 Å². The van der Waals surface area contributed by atoms with Crippen molar-refractivity contribution >= 4 is 27.8 Å². The number of pyridine rings is 1. The second-order valence-electron chi connectivity index (χ2n) is 5.49. The summed E-state index contributed by atoms with van der Waals surface area (Å²) >= 11 is 2.02. The fourth-order valence-corrected chi connectivity index (χ4v) is 1.82. The van der Waals surface area contributed by atoms with Gasteiger partial charge in [0.15, 0.2) is 0 Å². The van der Waals surface area contributed by atoms with Crippen LogP contribution in [0.1, 0.15) is 33.3 Å². The average Bonchev–Trinajstić information content (AvgIpc) is 2.58. The van der Waals surface area contributed by atoms with Gasteiger partial charge in [-0.3, -0.25) is 0 Å². The van der Waals surface area contributed by atoms with Crippen LogP contribution in [0.4, 0.5) is 0 Å². The first-order valence-electron chi connectivity index (χ1n) is 6.24. The summed E-state index contributed by atoms with van der Waals surface area (Å²) < 4.78 is 12.5. The van der Waals surface area contributed by atoms with Crippen LogP contribution in [0.25, 0.3) is 0 Å². The molecule has 2 heterocycles. The second-order valence-corrected chi connectivity index (χ2v) is 5.49. The Morgan fingerprint density at radius 1 is 1.44 bits per heavy atom. The Balaban J connectivity index is 2.43. The maximum absolute atomic E-state index is 5.73. The summed E-state index contributed by atoms with van der Waals surface area (Å²) in [5.41, 5.74) is 0.698. The summed E-state index contributed by atoms with van der Waals surface area (Å²) in [5.74, 6) is 1.24. The Morgan fingerprint density at radius 3 is 2.72 bits per heavy atom. The van der Waals surface area contributed by atoms with Gasteiger partial charge in [0.05, 0.1) is 0 Å². The van der Waals surface area contributed by atoms with Gasteiger partial charge in [0, 0.05) is 0 Å². The van der Waals surface area contributed by atoms with Crippen LogP contribution in [-0.2, 0) is 4.74 Å². The first-order chi connectivity index (χ1) is 8.39. The van der Waals surface area contributed by atoms with Gasteiger partial charge in [-0.05, 0) is 0 Å².